The van der Waals surface area contributed by atoms with Crippen molar-refractivity contribution >= 4 is 17.9 Å². The van der Waals surface area contributed by atoms with Crippen LogP contribution < -0.4 is 0 Å². The average molecular weight is 1000 g/mol. The molecule has 0 heterocycles. The first-order chi connectivity index (χ1) is 35.0. The number of hydrogen-bond donors (Lipinski definition) is 0. The maximum Gasteiger partial charge on any atom is 0.306 e. The lowest BCUT2D eigenvalue weighted by molar-refractivity contribution is -0.167. The van der Waals surface area contributed by atoms with Gasteiger partial charge >= 0.3 is 17.9 Å². The normalized spacial score (nSPS) is 12.1. The molecule has 0 aliphatic rings. The van der Waals surface area contributed by atoms with Crippen molar-refractivity contribution in [3.63, 3.8) is 0 Å². The van der Waals surface area contributed by atoms with E-state index < -0.39 is 6.10 Å². The molecular formula is C65H122O6. The Morgan fingerprint density at radius 3 is 0.704 bits per heavy atom. The Hall–Kier alpha value is -2.11. The largest absolute Gasteiger partial charge is 0.462 e. The van der Waals surface area contributed by atoms with Crippen LogP contribution in [0.2, 0.25) is 0 Å². The van der Waals surface area contributed by atoms with E-state index in [1.165, 1.54) is 250 Å². The van der Waals surface area contributed by atoms with E-state index in [4.69, 9.17) is 14.2 Å². The molecule has 71 heavy (non-hydrogen) atoms. The van der Waals surface area contributed by atoms with Gasteiger partial charge in [-0.15, -0.1) is 0 Å². The van der Waals surface area contributed by atoms with Gasteiger partial charge in [0.2, 0.25) is 0 Å². The average Bonchev–Trinajstić information content (AvgIpc) is 3.37. The van der Waals surface area contributed by atoms with Gasteiger partial charge in [0.1, 0.15) is 13.2 Å². The van der Waals surface area contributed by atoms with Crippen LogP contribution >= 0.6 is 0 Å². The summed E-state index contributed by atoms with van der Waals surface area (Å²) in [6, 6.07) is 0. The summed E-state index contributed by atoms with van der Waals surface area (Å²) in [4.78, 5) is 38.3. The van der Waals surface area contributed by atoms with Gasteiger partial charge < -0.3 is 14.2 Å². The zero-order chi connectivity index (χ0) is 51.4. The van der Waals surface area contributed by atoms with E-state index in [1.54, 1.807) is 0 Å². The lowest BCUT2D eigenvalue weighted by atomic mass is 10.0. The molecular weight excluding hydrogens is 877 g/mol. The number of unbranched alkanes of at least 4 members (excludes halogenated alkanes) is 44. The summed E-state index contributed by atoms with van der Waals surface area (Å²) >= 11 is 0. The van der Waals surface area contributed by atoms with Crippen molar-refractivity contribution in [2.75, 3.05) is 13.2 Å². The Bertz CT molecular complexity index is 1150. The molecule has 1 atom stereocenters. The first-order valence-electron chi connectivity index (χ1n) is 31.8. The molecule has 0 radical (unpaired) electrons. The molecule has 0 saturated heterocycles. The molecule has 0 N–H and O–H groups in total. The summed E-state index contributed by atoms with van der Waals surface area (Å²) in [6.07, 6.45) is 71.8. The summed E-state index contributed by atoms with van der Waals surface area (Å²) in [7, 11) is 0. The lowest BCUT2D eigenvalue weighted by Gasteiger charge is -2.18. The first kappa shape index (κ1) is 68.9. The molecule has 0 aliphatic carbocycles. The van der Waals surface area contributed by atoms with Gasteiger partial charge in [-0.25, -0.2) is 0 Å². The fourth-order valence-electron chi connectivity index (χ4n) is 9.61. The van der Waals surface area contributed by atoms with Gasteiger partial charge in [-0.3, -0.25) is 14.4 Å². The molecule has 0 amide bonds. The number of allylic oxidation sites excluding steroid dienone is 4. The van der Waals surface area contributed by atoms with Crippen LogP contribution in [-0.2, 0) is 28.6 Å². The highest BCUT2D eigenvalue weighted by Crippen LogP contribution is 2.17. The second-order valence-corrected chi connectivity index (χ2v) is 21.7. The fraction of sp³-hybridized carbons (Fsp3) is 0.892. The van der Waals surface area contributed by atoms with Gasteiger partial charge in [-0.1, -0.05) is 289 Å². The van der Waals surface area contributed by atoms with Crippen molar-refractivity contribution in [3.05, 3.63) is 24.3 Å². The van der Waals surface area contributed by atoms with Gasteiger partial charge in [0.15, 0.2) is 6.10 Å². The van der Waals surface area contributed by atoms with Crippen LogP contribution in [-0.4, -0.2) is 37.2 Å². The molecule has 6 nitrogen and oxygen atoms in total. The van der Waals surface area contributed by atoms with Gasteiger partial charge in [0.25, 0.3) is 0 Å². The van der Waals surface area contributed by atoms with Gasteiger partial charge in [-0.2, -0.15) is 0 Å². The maximum atomic E-state index is 12.9. The second kappa shape index (κ2) is 60.4. The Balaban J connectivity index is 4.31. The third-order valence-electron chi connectivity index (χ3n) is 14.4. The molecule has 0 aliphatic heterocycles. The van der Waals surface area contributed by atoms with E-state index in [2.05, 4.69) is 45.1 Å². The van der Waals surface area contributed by atoms with E-state index >= 15 is 0 Å². The molecule has 0 aromatic carbocycles. The zero-order valence-corrected chi connectivity index (χ0v) is 48.0. The van der Waals surface area contributed by atoms with Crippen LogP contribution in [0.15, 0.2) is 24.3 Å². The highest BCUT2D eigenvalue weighted by molar-refractivity contribution is 5.71. The van der Waals surface area contributed by atoms with Crippen molar-refractivity contribution in [3.8, 4) is 0 Å². The molecule has 0 aromatic rings. The highest BCUT2D eigenvalue weighted by Gasteiger charge is 2.19. The number of carbonyl (C=O) groups excluding carboxylic acids is 3. The Morgan fingerprint density at radius 2 is 0.465 bits per heavy atom. The minimum atomic E-state index is -0.773. The number of ether oxygens (including phenoxy) is 3. The van der Waals surface area contributed by atoms with Crippen molar-refractivity contribution in [2.45, 2.75) is 361 Å². The van der Waals surface area contributed by atoms with Crippen molar-refractivity contribution < 1.29 is 28.6 Å². The summed E-state index contributed by atoms with van der Waals surface area (Å²) < 4.78 is 16.9. The van der Waals surface area contributed by atoms with Crippen molar-refractivity contribution in [1.29, 1.82) is 0 Å². The Morgan fingerprint density at radius 1 is 0.268 bits per heavy atom. The predicted molar refractivity (Wildman–Crippen MR) is 307 cm³/mol. The van der Waals surface area contributed by atoms with Gasteiger partial charge in [-0.05, 0) is 70.6 Å². The molecule has 0 saturated carbocycles. The lowest BCUT2D eigenvalue weighted by Crippen LogP contribution is -2.30. The Labute approximate surface area is 443 Å². The van der Waals surface area contributed by atoms with E-state index in [0.717, 1.165) is 64.2 Å². The summed E-state index contributed by atoms with van der Waals surface area (Å²) in [5.74, 6) is -0.855. The number of rotatable bonds is 59. The number of carbonyl (C=O) groups is 3. The molecule has 0 fully saturated rings. The summed E-state index contributed by atoms with van der Waals surface area (Å²) in [5, 5.41) is 0. The quantitative estimate of drug-likeness (QED) is 0.0261. The topological polar surface area (TPSA) is 78.9 Å². The fourth-order valence-corrected chi connectivity index (χ4v) is 9.61. The van der Waals surface area contributed by atoms with Crippen LogP contribution in [0.25, 0.3) is 0 Å². The minimum absolute atomic E-state index is 0.0702. The third-order valence-corrected chi connectivity index (χ3v) is 14.4. The van der Waals surface area contributed by atoms with Crippen molar-refractivity contribution in [1.82, 2.24) is 0 Å². The SMILES string of the molecule is CCCCCCCCC/C=C\CCCCCCCC(=O)OC(COC(=O)CCCCCCCCCCC/C=C\CCCCCCCCCC)COC(=O)CCCCCCCCCCCCCCCCCC. The minimum Gasteiger partial charge on any atom is -0.462 e. The summed E-state index contributed by atoms with van der Waals surface area (Å²) in [6.45, 7) is 6.69. The van der Waals surface area contributed by atoms with E-state index in [1.807, 2.05) is 0 Å². The van der Waals surface area contributed by atoms with Gasteiger partial charge in [0, 0.05) is 19.3 Å². The standard InChI is InChI=1S/C65H122O6/c1-4-7-10-13-16-19-22-25-28-31-32-33-34-35-38-40-43-46-49-52-55-58-64(67)70-61-62(71-65(68)59-56-53-50-47-44-41-37-30-27-24-21-18-15-12-9-6-3)60-69-63(66)57-54-51-48-45-42-39-36-29-26-23-20-17-14-11-8-5-2/h30-32,37,62H,4-29,33-36,38-61H2,1-3H3/b32-31-,37-30-. The molecule has 418 valence electrons. The number of esters is 3. The van der Waals surface area contributed by atoms with Crippen LogP contribution in [0, 0.1) is 0 Å². The molecule has 0 spiro atoms. The summed E-state index contributed by atoms with van der Waals surface area (Å²) in [5.41, 5.74) is 0. The van der Waals surface area contributed by atoms with Crippen LogP contribution in [0.1, 0.15) is 355 Å². The van der Waals surface area contributed by atoms with E-state index in [0.29, 0.717) is 19.3 Å². The molecule has 0 rings (SSSR count). The van der Waals surface area contributed by atoms with Gasteiger partial charge in [0.05, 0.1) is 0 Å². The molecule has 6 heteroatoms. The van der Waals surface area contributed by atoms with E-state index in [-0.39, 0.29) is 31.1 Å². The first-order valence-corrected chi connectivity index (χ1v) is 31.8. The zero-order valence-electron chi connectivity index (χ0n) is 48.0. The van der Waals surface area contributed by atoms with Crippen LogP contribution in [0.4, 0.5) is 0 Å². The highest BCUT2D eigenvalue weighted by atomic mass is 16.6. The predicted octanol–water partition coefficient (Wildman–Crippen LogP) is 21.4. The van der Waals surface area contributed by atoms with Crippen LogP contribution in [0.3, 0.4) is 0 Å². The second-order valence-electron chi connectivity index (χ2n) is 21.7. The third kappa shape index (κ3) is 58.7. The van der Waals surface area contributed by atoms with E-state index in [9.17, 15) is 14.4 Å². The van der Waals surface area contributed by atoms with Crippen molar-refractivity contribution in [2.24, 2.45) is 0 Å². The van der Waals surface area contributed by atoms with Crippen LogP contribution in [0.5, 0.6) is 0 Å². The Kier molecular flexibility index (Phi) is 58.6. The molecule has 1 unspecified atom stereocenters. The molecule has 0 bridgehead atoms. The smallest absolute Gasteiger partial charge is 0.306 e. The monoisotopic (exact) mass is 999 g/mol. The maximum absolute atomic E-state index is 12.9. The number of hydrogen-bond acceptors (Lipinski definition) is 6. The molecule has 0 aromatic heterocycles.